The molecule has 4 aliphatic rings. The average Bonchev–Trinajstić information content (AvgIpc) is 3.77. The molecule has 278 valence electrons. The molecule has 0 bridgehead atoms. The van der Waals surface area contributed by atoms with Gasteiger partial charge in [-0.05, 0) is 71.1 Å². The van der Waals surface area contributed by atoms with Gasteiger partial charge in [-0.15, -0.1) is 0 Å². The topological polar surface area (TPSA) is 64.5 Å². The molecule has 6 heterocycles. The zero-order valence-corrected chi connectivity index (χ0v) is 30.4. The molecule has 11 heteroatoms. The molecule has 4 atom stereocenters. The number of halogens is 3. The van der Waals surface area contributed by atoms with Gasteiger partial charge in [0.1, 0.15) is 12.3 Å². The first-order valence-electron chi connectivity index (χ1n) is 18.9. The highest BCUT2D eigenvalue weighted by Gasteiger charge is 2.59. The number of hydrogen-bond donors (Lipinski definition) is 0. The first-order valence-corrected chi connectivity index (χ1v) is 18.9. The molecule has 0 radical (unpaired) electrons. The molecule has 5 aromatic carbocycles. The Bertz CT molecular complexity index is 2710. The van der Waals surface area contributed by atoms with Crippen LogP contribution in [0.3, 0.4) is 0 Å². The number of para-hydroxylation sites is 3. The Hall–Kier alpha value is -7.01. The Balaban J connectivity index is 1.23. The van der Waals surface area contributed by atoms with Gasteiger partial charge in [0.15, 0.2) is 23.3 Å². The number of alkyl halides is 3. The van der Waals surface area contributed by atoms with Gasteiger partial charge in [-0.25, -0.2) is 19.9 Å². The van der Waals surface area contributed by atoms with Crippen molar-refractivity contribution < 1.29 is 13.2 Å². The van der Waals surface area contributed by atoms with Gasteiger partial charge in [-0.2, -0.15) is 13.2 Å². The van der Waals surface area contributed by atoms with E-state index in [4.69, 9.17) is 26.5 Å². The summed E-state index contributed by atoms with van der Waals surface area (Å²) in [5.41, 5.74) is 6.34. The van der Waals surface area contributed by atoms with Gasteiger partial charge in [0, 0.05) is 59.2 Å². The quantitative estimate of drug-likeness (QED) is 0.177. The van der Waals surface area contributed by atoms with Crippen LogP contribution >= 0.6 is 0 Å². The minimum Gasteiger partial charge on any atom is -0.301 e. The average molecular weight is 755 g/mol. The van der Waals surface area contributed by atoms with Gasteiger partial charge in [0.2, 0.25) is 0 Å². The number of benzene rings is 5. The van der Waals surface area contributed by atoms with Crippen molar-refractivity contribution in [1.82, 2.24) is 19.9 Å². The van der Waals surface area contributed by atoms with Crippen LogP contribution in [0.5, 0.6) is 0 Å². The number of allylic oxidation sites excluding steroid dienone is 1. The molecule has 0 amide bonds. The van der Waals surface area contributed by atoms with E-state index in [1.54, 1.807) is 36.9 Å². The fourth-order valence-corrected chi connectivity index (χ4v) is 9.59. The van der Waals surface area contributed by atoms with Gasteiger partial charge < -0.3 is 19.6 Å². The van der Waals surface area contributed by atoms with Gasteiger partial charge in [0.05, 0.1) is 11.3 Å². The first kappa shape index (κ1) is 33.3. The van der Waals surface area contributed by atoms with Crippen LogP contribution in [-0.4, -0.2) is 32.3 Å². The predicted octanol–water partition coefficient (Wildman–Crippen LogP) is 11.0. The van der Waals surface area contributed by atoms with Crippen molar-refractivity contribution in [2.45, 2.75) is 30.8 Å². The molecule has 4 aliphatic heterocycles. The maximum atomic E-state index is 14.6. The molecule has 0 N–H and O–H groups in total. The Labute approximate surface area is 326 Å². The Morgan fingerprint density at radius 3 is 1.63 bits per heavy atom. The van der Waals surface area contributed by atoms with Gasteiger partial charge in [-0.1, -0.05) is 91.5 Å². The summed E-state index contributed by atoms with van der Waals surface area (Å²) in [5.74, 6) is 2.38. The zero-order valence-electron chi connectivity index (χ0n) is 30.4. The van der Waals surface area contributed by atoms with Crippen molar-refractivity contribution in [3.8, 4) is 11.1 Å². The summed E-state index contributed by atoms with van der Waals surface area (Å²) in [6.45, 7) is 4.72. The van der Waals surface area contributed by atoms with Crippen LogP contribution in [0.15, 0.2) is 159 Å². The number of nitrogens with zero attached hydrogens (tertiary/aromatic N) is 8. The van der Waals surface area contributed by atoms with E-state index in [-0.39, 0.29) is 23.6 Å². The molecule has 57 heavy (non-hydrogen) atoms. The van der Waals surface area contributed by atoms with Crippen LogP contribution in [-0.2, 0) is 6.18 Å². The summed E-state index contributed by atoms with van der Waals surface area (Å²) in [5, 5.41) is 0. The molecule has 0 saturated carbocycles. The summed E-state index contributed by atoms with van der Waals surface area (Å²) < 4.78 is 43.7. The highest BCUT2D eigenvalue weighted by atomic mass is 19.4. The lowest BCUT2D eigenvalue weighted by atomic mass is 9.71. The van der Waals surface area contributed by atoms with E-state index in [2.05, 4.69) is 68.1 Å². The predicted molar refractivity (Wildman–Crippen MR) is 216 cm³/mol. The summed E-state index contributed by atoms with van der Waals surface area (Å²) in [6.07, 6.45) is 2.02. The number of anilines is 8. The molecule has 7 aromatic rings. The Morgan fingerprint density at radius 1 is 0.526 bits per heavy atom. The van der Waals surface area contributed by atoms with E-state index in [1.807, 2.05) is 48.5 Å². The van der Waals surface area contributed by atoms with Crippen LogP contribution < -0.4 is 19.6 Å². The smallest absolute Gasteiger partial charge is 0.301 e. The van der Waals surface area contributed by atoms with Gasteiger partial charge in [0.25, 0.3) is 0 Å². The van der Waals surface area contributed by atoms with Crippen LogP contribution in [0.2, 0.25) is 0 Å². The molecule has 4 unspecified atom stereocenters. The Morgan fingerprint density at radius 2 is 1.04 bits per heavy atom. The molecule has 8 nitrogen and oxygen atoms in total. The third-order valence-electron chi connectivity index (χ3n) is 11.8. The third kappa shape index (κ3) is 4.94. The summed E-state index contributed by atoms with van der Waals surface area (Å²) in [6, 6.07) is 40.2. The molecular formula is C46H33F3N8. The van der Waals surface area contributed by atoms with Gasteiger partial charge >= 0.3 is 6.18 Å². The normalized spacial score (nSPS) is 20.4. The molecule has 0 saturated heterocycles. The number of aromatic nitrogens is 4. The highest BCUT2D eigenvalue weighted by Crippen LogP contribution is 2.62. The monoisotopic (exact) mass is 754 g/mol. The molecule has 0 aliphatic carbocycles. The second kappa shape index (κ2) is 12.5. The molecule has 2 aromatic heterocycles. The lowest BCUT2D eigenvalue weighted by Gasteiger charge is -2.52. The maximum absolute atomic E-state index is 14.6. The van der Waals surface area contributed by atoms with Crippen molar-refractivity contribution in [1.29, 1.82) is 0 Å². The molecule has 0 fully saturated rings. The van der Waals surface area contributed by atoms with Crippen LogP contribution in [0.4, 0.5) is 59.2 Å². The number of rotatable bonds is 3. The zero-order chi connectivity index (χ0) is 38.4. The van der Waals surface area contributed by atoms with Crippen molar-refractivity contribution in [3.63, 3.8) is 0 Å². The summed E-state index contributed by atoms with van der Waals surface area (Å²) >= 11 is 0. The fraction of sp³-hybridized carbons (Fsp3) is 0.130. The molecule has 0 spiro atoms. The number of hydrogen-bond acceptors (Lipinski definition) is 8. The minimum absolute atomic E-state index is 0.0951. The van der Waals surface area contributed by atoms with Crippen LogP contribution in [0.25, 0.3) is 16.7 Å². The summed E-state index contributed by atoms with van der Waals surface area (Å²) in [7, 11) is 0. The van der Waals surface area contributed by atoms with Crippen molar-refractivity contribution >= 4 is 51.6 Å². The second-order valence-electron chi connectivity index (χ2n) is 14.7. The largest absolute Gasteiger partial charge is 0.417 e. The Kier molecular flexibility index (Phi) is 7.31. The second-order valence-corrected chi connectivity index (χ2v) is 14.7. The van der Waals surface area contributed by atoms with Crippen molar-refractivity contribution in [2.24, 2.45) is 5.92 Å². The SMILES string of the molecule is C=C1CC2c3ccccc3N3c4nccnc4N(c4ccccc4)C3C2C2N(c3ccccc3)c3nccnc3N2c2cc(-c3ccccc3C(F)(F)F)ccc21. The third-order valence-corrected chi connectivity index (χ3v) is 11.8. The fourth-order valence-electron chi connectivity index (χ4n) is 9.59. The molecular weight excluding hydrogens is 722 g/mol. The van der Waals surface area contributed by atoms with E-state index in [9.17, 15) is 13.2 Å². The van der Waals surface area contributed by atoms with Gasteiger partial charge in [-0.3, -0.25) is 0 Å². The highest BCUT2D eigenvalue weighted by molar-refractivity contribution is 5.93. The summed E-state index contributed by atoms with van der Waals surface area (Å²) in [4.78, 5) is 29.1. The van der Waals surface area contributed by atoms with Crippen molar-refractivity contribution in [3.05, 3.63) is 175 Å². The van der Waals surface area contributed by atoms with E-state index in [1.165, 1.54) is 12.1 Å². The van der Waals surface area contributed by atoms with E-state index in [0.29, 0.717) is 29.3 Å². The molecule has 11 rings (SSSR count). The minimum atomic E-state index is -4.55. The van der Waals surface area contributed by atoms with Crippen LogP contribution in [0, 0.1) is 5.92 Å². The van der Waals surface area contributed by atoms with E-state index >= 15 is 0 Å². The van der Waals surface area contributed by atoms with Crippen molar-refractivity contribution in [2.75, 3.05) is 19.6 Å². The maximum Gasteiger partial charge on any atom is 0.417 e. The van der Waals surface area contributed by atoms with E-state index < -0.39 is 17.9 Å². The lowest BCUT2D eigenvalue weighted by Crippen LogP contribution is -2.60. The lowest BCUT2D eigenvalue weighted by molar-refractivity contribution is -0.137. The number of fused-ring (bicyclic) bond motifs is 14. The standard InChI is InChI=1S/C46H33F3N8/c1-28-26-35-34-17-9-11-19-37(34)56-42-40(50-22-24-52-42)54(30-12-4-2-5-13-30)44(56)39(35)45-55(31-14-6-3-7-15-31)41-43(53-25-23-51-41)57(45)38-27-29(20-21-32(28)38)33-16-8-10-18-36(33)46(47,48)49/h2-25,27,35,39,44-45H,1,26H2. The van der Waals surface area contributed by atoms with Crippen LogP contribution in [0.1, 0.15) is 29.0 Å². The first-order chi connectivity index (χ1) is 27.9. The van der Waals surface area contributed by atoms with E-state index in [0.717, 1.165) is 51.5 Å².